The van der Waals surface area contributed by atoms with E-state index in [1.165, 1.54) is 0 Å². The van der Waals surface area contributed by atoms with Crippen LogP contribution in [0.4, 0.5) is 0 Å². The maximum atomic E-state index is 9.23. The van der Waals surface area contributed by atoms with Gasteiger partial charge in [-0.05, 0) is 0 Å². The smallest absolute Gasteiger partial charge is 0.154 e. The summed E-state index contributed by atoms with van der Waals surface area (Å²) in [4.78, 5) is 0. The Morgan fingerprint density at radius 3 is 2.07 bits per heavy atom. The van der Waals surface area contributed by atoms with E-state index in [-0.39, 0.29) is 6.54 Å². The Labute approximate surface area is 81.8 Å². The second kappa shape index (κ2) is 6.59. The lowest BCUT2D eigenvalue weighted by Gasteiger charge is -2.22. The highest BCUT2D eigenvalue weighted by atomic mass is 16.5. The largest absolute Gasteiger partial charge is 0.390 e. The van der Waals surface area contributed by atoms with Crippen LogP contribution in [-0.4, -0.2) is 56.7 Å². The number of aliphatic hydroxyl groups is 5. The van der Waals surface area contributed by atoms with Gasteiger partial charge in [0.05, 0.1) is 12.6 Å². The lowest BCUT2D eigenvalue weighted by molar-refractivity contribution is -0.113. The molecule has 0 radical (unpaired) electrons. The third-order valence-corrected chi connectivity index (χ3v) is 1.65. The normalized spacial score (nSPS) is 17.2. The zero-order valence-electron chi connectivity index (χ0n) is 7.54. The van der Waals surface area contributed by atoms with Crippen LogP contribution in [0.2, 0.25) is 0 Å². The van der Waals surface area contributed by atoms with E-state index in [4.69, 9.17) is 21.7 Å². The van der Waals surface area contributed by atoms with E-state index in [1.807, 2.05) is 6.04 Å². The van der Waals surface area contributed by atoms with Crippen LogP contribution in [0, 0.1) is 12.5 Å². The van der Waals surface area contributed by atoms with Gasteiger partial charge >= 0.3 is 0 Å². The molecular formula is C8H15NO5. The Kier molecular flexibility index (Phi) is 6.19. The minimum Gasteiger partial charge on any atom is -0.390 e. The van der Waals surface area contributed by atoms with Gasteiger partial charge in [-0.15, -0.1) is 0 Å². The van der Waals surface area contributed by atoms with Crippen molar-refractivity contribution in [3.05, 3.63) is 0 Å². The van der Waals surface area contributed by atoms with Gasteiger partial charge in [-0.1, -0.05) is 6.42 Å². The zero-order chi connectivity index (χ0) is 11.1. The molecule has 6 nitrogen and oxygen atoms in total. The minimum absolute atomic E-state index is 0.0871. The fraction of sp³-hybridized carbons (Fsp3) is 0.750. The molecule has 0 aromatic rings. The molecule has 0 aliphatic heterocycles. The van der Waals surface area contributed by atoms with Gasteiger partial charge in [0.1, 0.15) is 12.2 Å². The molecule has 0 amide bonds. The lowest BCUT2D eigenvalue weighted by Crippen LogP contribution is -2.43. The summed E-state index contributed by atoms with van der Waals surface area (Å²) < 4.78 is 0. The van der Waals surface area contributed by atoms with Crippen LogP contribution in [0.1, 0.15) is 6.42 Å². The molecule has 0 saturated heterocycles. The molecule has 14 heavy (non-hydrogen) atoms. The Bertz CT molecular complexity index is 191. The van der Waals surface area contributed by atoms with Crippen molar-refractivity contribution >= 4 is 0 Å². The van der Waals surface area contributed by atoms with E-state index in [9.17, 15) is 10.2 Å². The molecule has 0 saturated carbocycles. The third kappa shape index (κ3) is 5.01. The number of rotatable bonds is 6. The highest BCUT2D eigenvalue weighted by molar-refractivity contribution is 4.84. The Morgan fingerprint density at radius 2 is 1.64 bits per heavy atom. The molecule has 0 aromatic carbocycles. The van der Waals surface area contributed by atoms with Gasteiger partial charge < -0.3 is 30.8 Å². The van der Waals surface area contributed by atoms with Crippen LogP contribution in [0.3, 0.4) is 0 Å². The summed E-state index contributed by atoms with van der Waals surface area (Å²) in [5.74, 6) is 0. The van der Waals surface area contributed by atoms with Crippen molar-refractivity contribution in [2.45, 2.75) is 31.0 Å². The molecule has 0 rings (SSSR count). The van der Waals surface area contributed by atoms with E-state index < -0.39 is 31.0 Å². The molecule has 0 heterocycles. The van der Waals surface area contributed by atoms with Crippen molar-refractivity contribution in [2.24, 2.45) is 0 Å². The van der Waals surface area contributed by atoms with Crippen LogP contribution < -0.4 is 5.32 Å². The van der Waals surface area contributed by atoms with Gasteiger partial charge in [-0.25, -0.2) is 0 Å². The third-order valence-electron chi connectivity index (χ3n) is 1.65. The summed E-state index contributed by atoms with van der Waals surface area (Å²) in [7, 11) is 0. The molecule has 0 aliphatic rings. The topological polar surface area (TPSA) is 113 Å². The SMILES string of the molecule is C#CNC[C@@H](O)[C@H](O)[C@H](O)CC(O)O. The molecule has 82 valence electrons. The number of hydrogen-bond acceptors (Lipinski definition) is 6. The average molecular weight is 205 g/mol. The molecule has 0 aliphatic carbocycles. The summed E-state index contributed by atoms with van der Waals surface area (Å²) in [5.41, 5.74) is 0. The van der Waals surface area contributed by atoms with E-state index in [0.717, 1.165) is 0 Å². The van der Waals surface area contributed by atoms with Crippen LogP contribution in [0.25, 0.3) is 0 Å². The highest BCUT2D eigenvalue weighted by Crippen LogP contribution is 2.05. The number of terminal acetylenes is 1. The van der Waals surface area contributed by atoms with Gasteiger partial charge in [-0.2, -0.15) is 0 Å². The van der Waals surface area contributed by atoms with Gasteiger partial charge in [-0.3, -0.25) is 0 Å². The Hall–Kier alpha value is -0.840. The van der Waals surface area contributed by atoms with Gasteiger partial charge in [0.15, 0.2) is 6.29 Å². The minimum atomic E-state index is -1.73. The summed E-state index contributed by atoms with van der Waals surface area (Å²) in [6.07, 6.45) is -1.48. The first kappa shape index (κ1) is 13.2. The van der Waals surface area contributed by atoms with Crippen LogP contribution in [0.5, 0.6) is 0 Å². The first-order valence-electron chi connectivity index (χ1n) is 4.07. The van der Waals surface area contributed by atoms with Crippen LogP contribution in [0.15, 0.2) is 0 Å². The van der Waals surface area contributed by atoms with Crippen molar-refractivity contribution < 1.29 is 25.5 Å². The quantitative estimate of drug-likeness (QED) is 0.156. The van der Waals surface area contributed by atoms with Crippen molar-refractivity contribution in [2.75, 3.05) is 6.54 Å². The molecule has 0 aromatic heterocycles. The zero-order valence-corrected chi connectivity index (χ0v) is 7.54. The van der Waals surface area contributed by atoms with Crippen molar-refractivity contribution in [1.82, 2.24) is 5.32 Å². The summed E-state index contributed by atoms with van der Waals surface area (Å²) in [6, 6.07) is 2.03. The Morgan fingerprint density at radius 1 is 1.07 bits per heavy atom. The lowest BCUT2D eigenvalue weighted by atomic mass is 10.1. The predicted octanol–water partition coefficient (Wildman–Crippen LogP) is -3.05. The molecule has 6 N–H and O–H groups in total. The highest BCUT2D eigenvalue weighted by Gasteiger charge is 2.25. The van der Waals surface area contributed by atoms with Gasteiger partial charge in [0, 0.05) is 12.5 Å². The second-order valence-electron chi connectivity index (χ2n) is 2.87. The fourth-order valence-corrected chi connectivity index (χ4v) is 0.896. The van der Waals surface area contributed by atoms with Gasteiger partial charge in [0.25, 0.3) is 0 Å². The Balaban J connectivity index is 3.91. The molecule has 0 unspecified atom stereocenters. The summed E-state index contributed by atoms with van der Waals surface area (Å²) in [6.45, 7) is -0.0871. The molecule has 0 bridgehead atoms. The predicted molar refractivity (Wildman–Crippen MR) is 47.7 cm³/mol. The standard InChI is InChI=1S/C8H15NO5/c1-2-9-4-6(11)8(14)5(10)3-7(12)13/h1,5-14H,3-4H2/t5-,6-,8-/m1/s1. The second-order valence-corrected chi connectivity index (χ2v) is 2.87. The maximum Gasteiger partial charge on any atom is 0.154 e. The van der Waals surface area contributed by atoms with E-state index in [2.05, 4.69) is 5.32 Å². The number of nitrogens with one attached hydrogen (secondary N) is 1. The molecule has 3 atom stereocenters. The number of hydrogen-bond donors (Lipinski definition) is 6. The average Bonchev–Trinajstić information content (AvgIpc) is 2.11. The molecular weight excluding hydrogens is 190 g/mol. The number of aliphatic hydroxyl groups excluding tert-OH is 4. The fourth-order valence-electron chi connectivity index (χ4n) is 0.896. The maximum absolute atomic E-state index is 9.23. The van der Waals surface area contributed by atoms with Crippen molar-refractivity contribution in [3.8, 4) is 12.5 Å². The monoisotopic (exact) mass is 205 g/mol. The van der Waals surface area contributed by atoms with Gasteiger partial charge in [0.2, 0.25) is 0 Å². The van der Waals surface area contributed by atoms with E-state index in [0.29, 0.717) is 0 Å². The van der Waals surface area contributed by atoms with E-state index in [1.54, 1.807) is 0 Å². The van der Waals surface area contributed by atoms with Crippen LogP contribution >= 0.6 is 0 Å². The van der Waals surface area contributed by atoms with Crippen molar-refractivity contribution in [1.29, 1.82) is 0 Å². The first-order chi connectivity index (χ1) is 6.49. The molecule has 0 fully saturated rings. The summed E-state index contributed by atoms with van der Waals surface area (Å²) in [5, 5.41) is 46.9. The molecule has 0 spiro atoms. The van der Waals surface area contributed by atoms with Crippen molar-refractivity contribution in [3.63, 3.8) is 0 Å². The first-order valence-corrected chi connectivity index (χ1v) is 4.07. The molecule has 6 heteroatoms. The van der Waals surface area contributed by atoms with Crippen LogP contribution in [-0.2, 0) is 0 Å². The summed E-state index contributed by atoms with van der Waals surface area (Å²) >= 11 is 0. The van der Waals surface area contributed by atoms with E-state index >= 15 is 0 Å².